The highest BCUT2D eigenvalue weighted by molar-refractivity contribution is 7.90. The molecule has 0 spiro atoms. The number of nitrogens with zero attached hydrogens (tertiary/aromatic N) is 1. The van der Waals surface area contributed by atoms with Crippen molar-refractivity contribution in [3.8, 4) is 0 Å². The van der Waals surface area contributed by atoms with Crippen molar-refractivity contribution in [2.24, 2.45) is 11.1 Å². The monoisotopic (exact) mass is 488 g/mol. The average Bonchev–Trinajstić information content (AvgIpc) is 2.79. The molecule has 0 saturated carbocycles. The van der Waals surface area contributed by atoms with Gasteiger partial charge in [0.2, 0.25) is 5.91 Å². The summed E-state index contributed by atoms with van der Waals surface area (Å²) >= 11 is 0. The summed E-state index contributed by atoms with van der Waals surface area (Å²) in [6.45, 7) is 6.81. The van der Waals surface area contributed by atoms with Crippen molar-refractivity contribution in [2.75, 3.05) is 17.2 Å². The molecular weight excluding hydrogens is 456 g/mol. The third kappa shape index (κ3) is 7.95. The second-order valence-electron chi connectivity index (χ2n) is 8.37. The third-order valence-electron chi connectivity index (χ3n) is 5.08. The molecule has 9 nitrogen and oxygen atoms in total. The van der Waals surface area contributed by atoms with Gasteiger partial charge in [-0.1, -0.05) is 45.7 Å². The van der Waals surface area contributed by atoms with Crippen LogP contribution in [0, 0.1) is 10.8 Å². The maximum atomic E-state index is 12.8. The predicted octanol–water partition coefficient (Wildman–Crippen LogP) is 5.18. The summed E-state index contributed by atoms with van der Waals surface area (Å²) in [6.07, 6.45) is 3.32. The average molecular weight is 489 g/mol. The lowest BCUT2D eigenvalue weighted by Crippen LogP contribution is -2.31. The van der Waals surface area contributed by atoms with E-state index in [-0.39, 0.29) is 28.3 Å². The van der Waals surface area contributed by atoms with Crippen LogP contribution in [-0.4, -0.2) is 26.8 Å². The zero-order valence-corrected chi connectivity index (χ0v) is 20.6. The quantitative estimate of drug-likeness (QED) is 0.263. The van der Waals surface area contributed by atoms with E-state index in [1.54, 1.807) is 12.1 Å². The molecule has 184 valence electrons. The van der Waals surface area contributed by atoms with Crippen molar-refractivity contribution < 1.29 is 18.0 Å². The van der Waals surface area contributed by atoms with Gasteiger partial charge in [0, 0.05) is 18.5 Å². The molecule has 0 fully saturated rings. The zero-order valence-electron chi connectivity index (χ0n) is 19.8. The Labute approximate surface area is 200 Å². The fraction of sp³-hybridized carbons (Fsp3) is 0.417. The summed E-state index contributed by atoms with van der Waals surface area (Å²) in [5, 5.41) is 8.69. The molecule has 0 bridgehead atoms. The maximum Gasteiger partial charge on any atom is 0.266 e. The lowest BCUT2D eigenvalue weighted by Gasteiger charge is -2.14. The van der Waals surface area contributed by atoms with Crippen LogP contribution in [0.1, 0.15) is 63.2 Å². The molecule has 2 aromatic rings. The highest BCUT2D eigenvalue weighted by atomic mass is 32.2. The van der Waals surface area contributed by atoms with Gasteiger partial charge in [-0.25, -0.2) is 13.1 Å². The van der Waals surface area contributed by atoms with E-state index in [0.717, 1.165) is 19.3 Å². The number of sulfonamides is 1. The normalized spacial score (nSPS) is 11.2. The fourth-order valence-corrected chi connectivity index (χ4v) is 4.36. The molecule has 10 heteroatoms. The molecule has 0 aliphatic heterocycles. The number of carbonyl (C=O) groups is 2. The number of carbonyl (C=O) groups excluding carboxylic acids is 2. The van der Waals surface area contributed by atoms with Gasteiger partial charge in [-0.05, 0) is 54.3 Å². The zero-order chi connectivity index (χ0) is 25.1. The first-order valence-electron chi connectivity index (χ1n) is 11.3. The smallest absolute Gasteiger partial charge is 0.266 e. The van der Waals surface area contributed by atoms with E-state index < -0.39 is 21.8 Å². The molecule has 0 aromatic heterocycles. The SMILES string of the molecule is CCCCCC(=O)NS(=O)(=O)c1ccccc1NC(=O)c1ccc(NCCC(C)C)c(N=O)c1. The Hall–Kier alpha value is -3.27. The van der Waals surface area contributed by atoms with Crippen molar-refractivity contribution >= 4 is 38.9 Å². The Balaban J connectivity index is 2.18. The number of unbranched alkanes of at least 4 members (excludes halogenated alkanes) is 2. The molecule has 3 N–H and O–H groups in total. The van der Waals surface area contributed by atoms with Crippen molar-refractivity contribution in [2.45, 2.75) is 57.8 Å². The Morgan fingerprint density at radius 2 is 1.76 bits per heavy atom. The molecule has 2 aromatic carbocycles. The van der Waals surface area contributed by atoms with Gasteiger partial charge in [0.1, 0.15) is 10.6 Å². The van der Waals surface area contributed by atoms with E-state index in [4.69, 9.17) is 0 Å². The van der Waals surface area contributed by atoms with Gasteiger partial charge in [-0.3, -0.25) is 9.59 Å². The molecule has 0 radical (unpaired) electrons. The van der Waals surface area contributed by atoms with Crippen LogP contribution in [0.2, 0.25) is 0 Å². The molecule has 2 amide bonds. The van der Waals surface area contributed by atoms with Gasteiger partial charge in [0.05, 0.1) is 11.4 Å². The molecule has 0 atom stereocenters. The standard InChI is InChI=1S/C24H32N4O5S/c1-4-5-6-11-23(29)28-34(32,33)22-10-8-7-9-20(22)26-24(30)18-12-13-19(21(16-18)27-31)25-15-14-17(2)3/h7-10,12-13,16-17,25H,4-6,11,14-15H2,1-3H3,(H,26,30)(H,28,29). The van der Waals surface area contributed by atoms with Gasteiger partial charge < -0.3 is 10.6 Å². The van der Waals surface area contributed by atoms with E-state index in [2.05, 4.69) is 34.4 Å². The minimum Gasteiger partial charge on any atom is -0.383 e. The number of para-hydroxylation sites is 1. The maximum absolute atomic E-state index is 12.8. The third-order valence-corrected chi connectivity index (χ3v) is 6.51. The van der Waals surface area contributed by atoms with Gasteiger partial charge >= 0.3 is 0 Å². The summed E-state index contributed by atoms with van der Waals surface area (Å²) in [7, 11) is -4.18. The second kappa shape index (κ2) is 12.8. The summed E-state index contributed by atoms with van der Waals surface area (Å²) < 4.78 is 27.6. The number of hydrogen-bond acceptors (Lipinski definition) is 7. The van der Waals surface area contributed by atoms with E-state index in [1.165, 1.54) is 30.3 Å². The lowest BCUT2D eigenvalue weighted by atomic mass is 10.1. The van der Waals surface area contributed by atoms with E-state index in [0.29, 0.717) is 24.6 Å². The van der Waals surface area contributed by atoms with Crippen molar-refractivity contribution in [1.82, 2.24) is 4.72 Å². The van der Waals surface area contributed by atoms with Crippen LogP contribution in [-0.2, 0) is 14.8 Å². The van der Waals surface area contributed by atoms with Crippen LogP contribution >= 0.6 is 0 Å². The van der Waals surface area contributed by atoms with Crippen LogP contribution in [0.15, 0.2) is 52.5 Å². The van der Waals surface area contributed by atoms with Crippen LogP contribution in [0.4, 0.5) is 17.1 Å². The first kappa shape index (κ1) is 27.0. The molecule has 0 unspecified atom stereocenters. The number of anilines is 2. The van der Waals surface area contributed by atoms with Gasteiger partial charge in [-0.2, -0.15) is 0 Å². The summed E-state index contributed by atoms with van der Waals surface area (Å²) in [5.74, 6) is -0.727. The summed E-state index contributed by atoms with van der Waals surface area (Å²) in [4.78, 5) is 35.9. The molecule has 0 saturated heterocycles. The molecule has 0 aliphatic rings. The number of nitroso groups, excluding NO2 is 1. The first-order chi connectivity index (χ1) is 16.2. The van der Waals surface area contributed by atoms with E-state index >= 15 is 0 Å². The minimum atomic E-state index is -4.18. The molecular formula is C24H32N4O5S. The number of hydrogen-bond donors (Lipinski definition) is 3. The van der Waals surface area contributed by atoms with Crippen molar-refractivity contribution in [3.05, 3.63) is 52.9 Å². The number of benzene rings is 2. The Bertz CT molecular complexity index is 1120. The van der Waals surface area contributed by atoms with E-state index in [9.17, 15) is 22.9 Å². The number of rotatable bonds is 13. The van der Waals surface area contributed by atoms with Gasteiger partial charge in [0.25, 0.3) is 15.9 Å². The molecule has 34 heavy (non-hydrogen) atoms. The number of amides is 2. The van der Waals surface area contributed by atoms with Crippen molar-refractivity contribution in [1.29, 1.82) is 0 Å². The first-order valence-corrected chi connectivity index (χ1v) is 12.8. The minimum absolute atomic E-state index is 0.0149. The fourth-order valence-electron chi connectivity index (χ4n) is 3.18. The Kier molecular flexibility index (Phi) is 10.2. The van der Waals surface area contributed by atoms with Gasteiger partial charge in [0.15, 0.2) is 0 Å². The predicted molar refractivity (Wildman–Crippen MR) is 134 cm³/mol. The van der Waals surface area contributed by atoms with Crippen LogP contribution in [0.3, 0.4) is 0 Å². The Morgan fingerprint density at radius 3 is 2.44 bits per heavy atom. The number of nitrogens with one attached hydrogen (secondary N) is 3. The largest absolute Gasteiger partial charge is 0.383 e. The molecule has 0 heterocycles. The van der Waals surface area contributed by atoms with E-state index in [1.807, 2.05) is 6.92 Å². The summed E-state index contributed by atoms with van der Waals surface area (Å²) in [5.41, 5.74) is 0.749. The van der Waals surface area contributed by atoms with Gasteiger partial charge in [-0.15, -0.1) is 4.91 Å². The van der Waals surface area contributed by atoms with Crippen molar-refractivity contribution in [3.63, 3.8) is 0 Å². The van der Waals surface area contributed by atoms with Crippen LogP contribution in [0.25, 0.3) is 0 Å². The summed E-state index contributed by atoms with van der Waals surface area (Å²) in [6, 6.07) is 10.2. The Morgan fingerprint density at radius 1 is 1.03 bits per heavy atom. The highest BCUT2D eigenvalue weighted by Crippen LogP contribution is 2.28. The highest BCUT2D eigenvalue weighted by Gasteiger charge is 2.22. The lowest BCUT2D eigenvalue weighted by molar-refractivity contribution is -0.119. The molecule has 0 aliphatic carbocycles. The second-order valence-corrected chi connectivity index (χ2v) is 10.0. The van der Waals surface area contributed by atoms with Crippen LogP contribution in [0.5, 0.6) is 0 Å². The molecule has 2 rings (SSSR count). The van der Waals surface area contributed by atoms with Crippen LogP contribution < -0.4 is 15.4 Å². The topological polar surface area (TPSA) is 134 Å².